The number of aliphatic hydroxyl groups is 1. The fourth-order valence-electron chi connectivity index (χ4n) is 2.96. The normalized spacial score (nSPS) is 17.8. The Hall–Kier alpha value is -1.56. The van der Waals surface area contributed by atoms with Crippen LogP contribution in [-0.2, 0) is 11.0 Å². The van der Waals surface area contributed by atoms with Crippen LogP contribution in [0.1, 0.15) is 72.9 Å². The van der Waals surface area contributed by atoms with Gasteiger partial charge in [0, 0.05) is 18.0 Å². The molecule has 6 nitrogen and oxygen atoms in total. The van der Waals surface area contributed by atoms with Gasteiger partial charge in [0.15, 0.2) is 0 Å². The van der Waals surface area contributed by atoms with Gasteiger partial charge < -0.3 is 10.4 Å². The van der Waals surface area contributed by atoms with Crippen LogP contribution in [-0.4, -0.2) is 33.1 Å². The van der Waals surface area contributed by atoms with Crippen LogP contribution in [0.3, 0.4) is 0 Å². The number of urea groups is 1. The third-order valence-electron chi connectivity index (χ3n) is 4.47. The zero-order chi connectivity index (χ0) is 18.2. The zero-order valence-corrected chi connectivity index (χ0v) is 15.9. The molecule has 1 aromatic heterocycles. The summed E-state index contributed by atoms with van der Waals surface area (Å²) in [4.78, 5) is 12.3. The van der Waals surface area contributed by atoms with Crippen LogP contribution in [0.2, 0.25) is 0 Å². The van der Waals surface area contributed by atoms with Crippen LogP contribution in [0, 0.1) is 0 Å². The fraction of sp³-hybridized carbons (Fsp3) is 0.778. The molecule has 1 aliphatic carbocycles. The molecular weight excluding hydrogens is 304 g/mol. The zero-order valence-electron chi connectivity index (χ0n) is 15.9. The van der Waals surface area contributed by atoms with Crippen LogP contribution in [0.25, 0.3) is 0 Å². The topological polar surface area (TPSA) is 79.2 Å². The minimum Gasteiger partial charge on any atom is -0.388 e. The molecule has 2 rings (SSSR count). The number of carbonyl (C=O) groups is 1. The van der Waals surface area contributed by atoms with Gasteiger partial charge in [-0.25, -0.2) is 9.48 Å². The number of anilines is 1. The van der Waals surface area contributed by atoms with E-state index in [1.54, 1.807) is 0 Å². The van der Waals surface area contributed by atoms with E-state index in [4.69, 9.17) is 0 Å². The molecule has 3 N–H and O–H groups in total. The van der Waals surface area contributed by atoms with E-state index in [-0.39, 0.29) is 23.5 Å². The van der Waals surface area contributed by atoms with E-state index in [0.29, 0.717) is 5.82 Å². The van der Waals surface area contributed by atoms with Crippen LogP contribution in [0.5, 0.6) is 0 Å². The highest BCUT2D eigenvalue weighted by Gasteiger charge is 2.31. The summed E-state index contributed by atoms with van der Waals surface area (Å²) in [6, 6.07) is 1.62. The SMILES string of the molecule is CC(C)(C)c1cc(NC(=O)NCC2(O)CCCC2)n(C(C)(C)C)n1. The first-order valence-corrected chi connectivity index (χ1v) is 8.79. The first kappa shape index (κ1) is 18.8. The smallest absolute Gasteiger partial charge is 0.320 e. The lowest BCUT2D eigenvalue weighted by Crippen LogP contribution is -2.43. The standard InChI is InChI=1S/C18H32N4O2/c1-16(2,3)13-11-14(22(21-13)17(4,5)6)20-15(23)19-12-18(24)9-7-8-10-18/h11,24H,7-10,12H2,1-6H3,(H2,19,20,23). The molecular formula is C18H32N4O2. The highest BCUT2D eigenvalue weighted by Crippen LogP contribution is 2.29. The highest BCUT2D eigenvalue weighted by molar-refractivity contribution is 5.88. The summed E-state index contributed by atoms with van der Waals surface area (Å²) >= 11 is 0. The Morgan fingerprint density at radius 2 is 1.83 bits per heavy atom. The summed E-state index contributed by atoms with van der Waals surface area (Å²) in [7, 11) is 0. The molecule has 1 saturated carbocycles. The number of nitrogens with one attached hydrogen (secondary N) is 2. The molecule has 0 aromatic carbocycles. The van der Waals surface area contributed by atoms with Crippen molar-refractivity contribution >= 4 is 11.8 Å². The van der Waals surface area contributed by atoms with Crippen LogP contribution >= 0.6 is 0 Å². The average molecular weight is 336 g/mol. The van der Waals surface area contributed by atoms with Crippen molar-refractivity contribution in [1.29, 1.82) is 0 Å². The van der Waals surface area contributed by atoms with Gasteiger partial charge in [-0.15, -0.1) is 0 Å². The molecule has 1 fully saturated rings. The van der Waals surface area contributed by atoms with E-state index in [1.165, 1.54) is 0 Å². The second kappa shape index (κ2) is 6.39. The van der Waals surface area contributed by atoms with Crippen molar-refractivity contribution in [3.05, 3.63) is 11.8 Å². The lowest BCUT2D eigenvalue weighted by molar-refractivity contribution is 0.0506. The number of rotatable bonds is 3. The highest BCUT2D eigenvalue weighted by atomic mass is 16.3. The van der Waals surface area contributed by atoms with Crippen LogP contribution < -0.4 is 10.6 Å². The minimum absolute atomic E-state index is 0.0948. The molecule has 0 unspecified atom stereocenters. The van der Waals surface area contributed by atoms with Gasteiger partial charge in [-0.1, -0.05) is 33.6 Å². The second-order valence-electron chi connectivity index (χ2n) is 8.99. The predicted molar refractivity (Wildman–Crippen MR) is 96.4 cm³/mol. The van der Waals surface area contributed by atoms with E-state index in [1.807, 2.05) is 10.7 Å². The van der Waals surface area contributed by atoms with E-state index < -0.39 is 5.60 Å². The summed E-state index contributed by atoms with van der Waals surface area (Å²) in [5, 5.41) is 20.7. The molecule has 0 saturated heterocycles. The molecule has 0 bridgehead atoms. The quantitative estimate of drug-likeness (QED) is 0.792. The second-order valence-corrected chi connectivity index (χ2v) is 8.99. The number of amides is 2. The Balaban J connectivity index is 2.10. The molecule has 2 amide bonds. The average Bonchev–Trinajstić information content (AvgIpc) is 3.02. The Bertz CT molecular complexity index is 587. The Morgan fingerprint density at radius 1 is 1.25 bits per heavy atom. The Labute approximate surface area is 145 Å². The maximum absolute atomic E-state index is 12.3. The lowest BCUT2D eigenvalue weighted by atomic mass is 9.92. The number of carbonyl (C=O) groups excluding carboxylic acids is 1. The Kier molecular flexibility index (Phi) is 5.00. The van der Waals surface area contributed by atoms with Crippen molar-refractivity contribution in [3.8, 4) is 0 Å². The summed E-state index contributed by atoms with van der Waals surface area (Å²) in [6.07, 6.45) is 3.54. The van der Waals surface area contributed by atoms with Gasteiger partial charge in [-0.2, -0.15) is 5.10 Å². The van der Waals surface area contributed by atoms with Crippen molar-refractivity contribution in [2.24, 2.45) is 0 Å². The predicted octanol–water partition coefficient (Wildman–Crippen LogP) is 3.36. The van der Waals surface area contributed by atoms with Gasteiger partial charge in [0.05, 0.1) is 16.8 Å². The first-order valence-electron chi connectivity index (χ1n) is 8.79. The van der Waals surface area contributed by atoms with Gasteiger partial charge in [0.25, 0.3) is 0 Å². The summed E-state index contributed by atoms with van der Waals surface area (Å²) < 4.78 is 1.84. The molecule has 1 aromatic rings. The number of hydrogen-bond acceptors (Lipinski definition) is 3. The number of nitrogens with zero attached hydrogens (tertiary/aromatic N) is 2. The molecule has 1 aliphatic rings. The third-order valence-corrected chi connectivity index (χ3v) is 4.47. The van der Waals surface area contributed by atoms with E-state index in [0.717, 1.165) is 31.4 Å². The first-order chi connectivity index (χ1) is 10.9. The molecule has 0 aliphatic heterocycles. The largest absolute Gasteiger partial charge is 0.388 e. The summed E-state index contributed by atoms with van der Waals surface area (Å²) in [5.41, 5.74) is -0.154. The summed E-state index contributed by atoms with van der Waals surface area (Å²) in [6.45, 7) is 12.7. The number of hydrogen-bond donors (Lipinski definition) is 3. The monoisotopic (exact) mass is 336 g/mol. The molecule has 24 heavy (non-hydrogen) atoms. The van der Waals surface area contributed by atoms with Gasteiger partial charge in [-0.05, 0) is 33.6 Å². The van der Waals surface area contributed by atoms with Gasteiger partial charge in [0.2, 0.25) is 0 Å². The van der Waals surface area contributed by atoms with Crippen molar-refractivity contribution in [1.82, 2.24) is 15.1 Å². The fourth-order valence-corrected chi connectivity index (χ4v) is 2.96. The maximum Gasteiger partial charge on any atom is 0.320 e. The summed E-state index contributed by atoms with van der Waals surface area (Å²) in [5.74, 6) is 0.670. The van der Waals surface area contributed by atoms with Gasteiger partial charge >= 0.3 is 6.03 Å². The molecule has 0 radical (unpaired) electrons. The Morgan fingerprint density at radius 3 is 2.33 bits per heavy atom. The molecule has 0 atom stereocenters. The molecule has 136 valence electrons. The van der Waals surface area contributed by atoms with Crippen molar-refractivity contribution in [3.63, 3.8) is 0 Å². The van der Waals surface area contributed by atoms with Crippen molar-refractivity contribution in [2.75, 3.05) is 11.9 Å². The van der Waals surface area contributed by atoms with Crippen LogP contribution in [0.15, 0.2) is 6.07 Å². The lowest BCUT2D eigenvalue weighted by Gasteiger charge is -2.24. The van der Waals surface area contributed by atoms with Crippen molar-refractivity contribution < 1.29 is 9.90 Å². The molecule has 6 heteroatoms. The van der Waals surface area contributed by atoms with E-state index >= 15 is 0 Å². The van der Waals surface area contributed by atoms with Crippen LogP contribution in [0.4, 0.5) is 10.6 Å². The van der Waals surface area contributed by atoms with Crippen molar-refractivity contribution in [2.45, 2.75) is 83.8 Å². The van der Waals surface area contributed by atoms with E-state index in [2.05, 4.69) is 57.3 Å². The maximum atomic E-state index is 12.3. The minimum atomic E-state index is -0.752. The van der Waals surface area contributed by atoms with E-state index in [9.17, 15) is 9.90 Å². The van der Waals surface area contributed by atoms with Gasteiger partial charge in [-0.3, -0.25) is 5.32 Å². The number of aromatic nitrogens is 2. The van der Waals surface area contributed by atoms with Gasteiger partial charge in [0.1, 0.15) is 5.82 Å². The molecule has 0 spiro atoms. The third kappa shape index (κ3) is 4.50. The molecule has 1 heterocycles.